The predicted molar refractivity (Wildman–Crippen MR) is 70.2 cm³/mol. The first-order chi connectivity index (χ1) is 8.00. The highest BCUT2D eigenvalue weighted by Gasteiger charge is 2.29. The fourth-order valence-electron chi connectivity index (χ4n) is 1.77. The van der Waals surface area contributed by atoms with Crippen molar-refractivity contribution in [1.29, 1.82) is 0 Å². The van der Waals surface area contributed by atoms with Crippen molar-refractivity contribution in [1.82, 2.24) is 19.8 Å². The molecule has 1 N–H and O–H groups in total. The zero-order chi connectivity index (χ0) is 12.5. The van der Waals surface area contributed by atoms with Crippen molar-refractivity contribution in [2.75, 3.05) is 19.6 Å². The molecule has 1 unspecified atom stereocenters. The topological polar surface area (TPSA) is 75.2 Å². The van der Waals surface area contributed by atoms with Crippen molar-refractivity contribution in [3.05, 3.63) is 17.8 Å². The van der Waals surface area contributed by atoms with Crippen LogP contribution in [0.1, 0.15) is 12.6 Å². The maximum Gasteiger partial charge on any atom is 0.262 e. The van der Waals surface area contributed by atoms with Gasteiger partial charge in [-0.25, -0.2) is 8.42 Å². The summed E-state index contributed by atoms with van der Waals surface area (Å²) in [5.41, 5.74) is 0.706. The van der Waals surface area contributed by atoms with Gasteiger partial charge in [-0.2, -0.15) is 9.40 Å². The van der Waals surface area contributed by atoms with Crippen LogP contribution in [0.4, 0.5) is 0 Å². The Morgan fingerprint density at radius 1 is 1.39 bits per heavy atom. The lowest BCUT2D eigenvalue weighted by Gasteiger charge is -2.30. The number of hydrogen-bond acceptors (Lipinski definition) is 5. The molecule has 0 radical (unpaired) electrons. The van der Waals surface area contributed by atoms with Crippen molar-refractivity contribution in [3.63, 3.8) is 0 Å². The van der Waals surface area contributed by atoms with Crippen LogP contribution in [0.3, 0.4) is 0 Å². The fraction of sp³-hybridized carbons (Fsp3) is 0.600. The molecule has 0 aromatic carbocycles. The van der Waals surface area contributed by atoms with Crippen LogP contribution in [0, 0.1) is 6.92 Å². The second-order valence-electron chi connectivity index (χ2n) is 4.23. The van der Waals surface area contributed by atoms with Gasteiger partial charge in [0.25, 0.3) is 10.0 Å². The van der Waals surface area contributed by atoms with Crippen LogP contribution in [-0.2, 0) is 10.0 Å². The lowest BCUT2D eigenvalue weighted by molar-refractivity contribution is 0.309. The highest BCUT2D eigenvalue weighted by atomic mass is 35.5. The summed E-state index contributed by atoms with van der Waals surface area (Å²) in [5, 5.41) is 10.8. The van der Waals surface area contributed by atoms with Crippen LogP contribution in [0.5, 0.6) is 0 Å². The summed E-state index contributed by atoms with van der Waals surface area (Å²) < 4.78 is 25.9. The van der Waals surface area contributed by atoms with Gasteiger partial charge in [-0.1, -0.05) is 0 Å². The number of halogens is 1. The molecule has 102 valence electrons. The van der Waals surface area contributed by atoms with E-state index < -0.39 is 10.0 Å². The Bertz CT molecular complexity index is 491. The zero-order valence-electron chi connectivity index (χ0n) is 10.3. The maximum atomic E-state index is 12.2. The van der Waals surface area contributed by atoms with Gasteiger partial charge >= 0.3 is 0 Å². The van der Waals surface area contributed by atoms with Crippen molar-refractivity contribution in [2.45, 2.75) is 24.9 Å². The lowest BCUT2D eigenvalue weighted by atomic mass is 10.3. The van der Waals surface area contributed by atoms with Gasteiger partial charge in [0.2, 0.25) is 0 Å². The van der Waals surface area contributed by atoms with Crippen molar-refractivity contribution in [2.24, 2.45) is 0 Å². The standard InChI is InChI=1S/C10H16N4O2S.ClH/c1-8-3-4-10(13-12-8)17(15,16)14-6-5-11-9(2)7-14;/h3-4,9,11H,5-7H2,1-2H3;1H. The van der Waals surface area contributed by atoms with Crippen LogP contribution in [0.15, 0.2) is 17.2 Å². The highest BCUT2D eigenvalue weighted by molar-refractivity contribution is 7.89. The van der Waals surface area contributed by atoms with E-state index in [1.807, 2.05) is 6.92 Å². The first kappa shape index (κ1) is 15.3. The van der Waals surface area contributed by atoms with Gasteiger partial charge in [-0.05, 0) is 26.0 Å². The van der Waals surface area contributed by atoms with Gasteiger partial charge in [-0.15, -0.1) is 17.5 Å². The van der Waals surface area contributed by atoms with E-state index in [1.165, 1.54) is 10.4 Å². The largest absolute Gasteiger partial charge is 0.312 e. The van der Waals surface area contributed by atoms with Crippen molar-refractivity contribution >= 4 is 22.4 Å². The van der Waals surface area contributed by atoms with Gasteiger partial charge in [0, 0.05) is 25.7 Å². The van der Waals surface area contributed by atoms with Crippen molar-refractivity contribution in [3.8, 4) is 0 Å². The van der Waals surface area contributed by atoms with Crippen LogP contribution in [-0.4, -0.2) is 48.6 Å². The molecule has 0 bridgehead atoms. The predicted octanol–water partition coefficient (Wildman–Crippen LogP) is 0.189. The molecule has 0 amide bonds. The highest BCUT2D eigenvalue weighted by Crippen LogP contribution is 2.14. The molecular formula is C10H17ClN4O2S. The molecule has 1 aliphatic heterocycles. The van der Waals surface area contributed by atoms with E-state index >= 15 is 0 Å². The van der Waals surface area contributed by atoms with E-state index in [2.05, 4.69) is 15.5 Å². The monoisotopic (exact) mass is 292 g/mol. The summed E-state index contributed by atoms with van der Waals surface area (Å²) >= 11 is 0. The van der Waals surface area contributed by atoms with Gasteiger partial charge < -0.3 is 5.32 Å². The zero-order valence-corrected chi connectivity index (χ0v) is 12.0. The van der Waals surface area contributed by atoms with E-state index in [-0.39, 0.29) is 23.5 Å². The molecule has 1 atom stereocenters. The summed E-state index contributed by atoms with van der Waals surface area (Å²) in [6.45, 7) is 5.35. The second-order valence-corrected chi connectivity index (χ2v) is 6.12. The quantitative estimate of drug-likeness (QED) is 0.842. The molecule has 6 nitrogen and oxygen atoms in total. The number of hydrogen-bond donors (Lipinski definition) is 1. The van der Waals surface area contributed by atoms with Crippen LogP contribution < -0.4 is 5.32 Å². The van der Waals surface area contributed by atoms with Gasteiger partial charge in [0.15, 0.2) is 5.03 Å². The molecule has 0 aliphatic carbocycles. The number of sulfonamides is 1. The molecule has 1 saturated heterocycles. The van der Waals surface area contributed by atoms with Gasteiger partial charge in [0.05, 0.1) is 5.69 Å². The first-order valence-electron chi connectivity index (χ1n) is 5.54. The Balaban J connectivity index is 0.00000162. The smallest absolute Gasteiger partial charge is 0.262 e. The minimum atomic E-state index is -3.49. The second kappa shape index (κ2) is 5.92. The number of aryl methyl sites for hydroxylation is 1. The summed E-state index contributed by atoms with van der Waals surface area (Å²) in [5.74, 6) is 0. The maximum absolute atomic E-state index is 12.2. The normalized spacial score (nSPS) is 21.3. The van der Waals surface area contributed by atoms with Crippen LogP contribution in [0.2, 0.25) is 0 Å². The van der Waals surface area contributed by atoms with Crippen LogP contribution in [0.25, 0.3) is 0 Å². The third-order valence-electron chi connectivity index (χ3n) is 2.71. The molecule has 8 heteroatoms. The van der Waals surface area contributed by atoms with Crippen LogP contribution >= 0.6 is 12.4 Å². The number of piperazine rings is 1. The van der Waals surface area contributed by atoms with Crippen molar-refractivity contribution < 1.29 is 8.42 Å². The lowest BCUT2D eigenvalue weighted by Crippen LogP contribution is -2.51. The third-order valence-corrected chi connectivity index (χ3v) is 4.47. The Labute approximate surface area is 113 Å². The number of nitrogens with zero attached hydrogens (tertiary/aromatic N) is 3. The summed E-state index contributed by atoms with van der Waals surface area (Å²) in [4.78, 5) is 0. The fourth-order valence-corrected chi connectivity index (χ4v) is 3.17. The number of nitrogens with one attached hydrogen (secondary N) is 1. The molecule has 1 aromatic rings. The van der Waals surface area contributed by atoms with Gasteiger partial charge in [-0.3, -0.25) is 0 Å². The van der Waals surface area contributed by atoms with Gasteiger partial charge in [0.1, 0.15) is 0 Å². The molecule has 1 fully saturated rings. The average molecular weight is 293 g/mol. The summed E-state index contributed by atoms with van der Waals surface area (Å²) in [6.07, 6.45) is 0. The molecule has 1 aromatic heterocycles. The minimum absolute atomic E-state index is 0. The molecule has 2 heterocycles. The average Bonchev–Trinajstić information content (AvgIpc) is 2.29. The summed E-state index contributed by atoms with van der Waals surface area (Å²) in [6, 6.07) is 3.33. The third kappa shape index (κ3) is 3.17. The molecule has 2 rings (SSSR count). The SMILES string of the molecule is Cc1ccc(S(=O)(=O)N2CCNC(C)C2)nn1.Cl. The molecule has 0 spiro atoms. The Hall–Kier alpha value is -0.760. The molecule has 1 aliphatic rings. The number of rotatable bonds is 2. The minimum Gasteiger partial charge on any atom is -0.312 e. The molecule has 0 saturated carbocycles. The Kier molecular flexibility index (Phi) is 5.03. The van der Waals surface area contributed by atoms with E-state index in [9.17, 15) is 8.42 Å². The van der Waals surface area contributed by atoms with E-state index in [1.54, 1.807) is 13.0 Å². The number of aromatic nitrogens is 2. The molecular weight excluding hydrogens is 276 g/mol. The van der Waals surface area contributed by atoms with E-state index in [4.69, 9.17) is 0 Å². The van der Waals surface area contributed by atoms with E-state index in [0.29, 0.717) is 25.3 Å². The Morgan fingerprint density at radius 2 is 2.11 bits per heavy atom. The summed E-state index contributed by atoms with van der Waals surface area (Å²) in [7, 11) is -3.49. The first-order valence-corrected chi connectivity index (χ1v) is 6.98. The molecule has 18 heavy (non-hydrogen) atoms. The Morgan fingerprint density at radius 3 is 2.67 bits per heavy atom. The van der Waals surface area contributed by atoms with E-state index in [0.717, 1.165) is 0 Å².